The number of aromatic nitrogens is 4. The monoisotopic (exact) mass is 393 g/mol. The molecule has 0 saturated carbocycles. The van der Waals surface area contributed by atoms with Gasteiger partial charge in [0.05, 0.1) is 11.0 Å². The molecule has 30 heavy (non-hydrogen) atoms. The van der Waals surface area contributed by atoms with Crippen LogP contribution in [0, 0.1) is 0 Å². The number of hydrogen-bond acceptors (Lipinski definition) is 3. The van der Waals surface area contributed by atoms with Crippen molar-refractivity contribution >= 4 is 16.9 Å². The van der Waals surface area contributed by atoms with Crippen LogP contribution >= 0.6 is 0 Å². The van der Waals surface area contributed by atoms with Crippen LogP contribution in [-0.2, 0) is 6.54 Å². The molecule has 6 heteroatoms. The Kier molecular flexibility index (Phi) is 4.57. The first-order chi connectivity index (χ1) is 14.8. The van der Waals surface area contributed by atoms with Crippen LogP contribution in [0.1, 0.15) is 15.9 Å². The summed E-state index contributed by atoms with van der Waals surface area (Å²) in [5, 5.41) is 2.92. The van der Waals surface area contributed by atoms with E-state index < -0.39 is 0 Å². The van der Waals surface area contributed by atoms with Gasteiger partial charge >= 0.3 is 0 Å². The number of benzene rings is 2. The van der Waals surface area contributed by atoms with E-state index in [0.29, 0.717) is 12.1 Å². The second-order valence-electron chi connectivity index (χ2n) is 7.00. The predicted octanol–water partition coefficient (Wildman–Crippen LogP) is 4.35. The minimum Gasteiger partial charge on any atom is -0.361 e. The summed E-state index contributed by atoms with van der Waals surface area (Å²) < 4.78 is 2.03. The Morgan fingerprint density at radius 1 is 1.03 bits per heavy atom. The van der Waals surface area contributed by atoms with Crippen LogP contribution in [0.2, 0.25) is 0 Å². The van der Waals surface area contributed by atoms with Gasteiger partial charge in [-0.25, -0.2) is 4.98 Å². The van der Waals surface area contributed by atoms with Crippen molar-refractivity contribution in [2.24, 2.45) is 0 Å². The first-order valence-electron chi connectivity index (χ1n) is 9.66. The summed E-state index contributed by atoms with van der Waals surface area (Å²) in [5.74, 6) is -0.135. The first-order valence-corrected chi connectivity index (χ1v) is 9.66. The van der Waals surface area contributed by atoms with E-state index >= 15 is 0 Å². The number of H-pyrrole nitrogens is 1. The van der Waals surface area contributed by atoms with E-state index in [2.05, 4.69) is 32.4 Å². The lowest BCUT2D eigenvalue weighted by atomic mass is 10.1. The van der Waals surface area contributed by atoms with E-state index in [1.54, 1.807) is 18.7 Å². The number of fused-ring (bicyclic) bond motifs is 1. The summed E-state index contributed by atoms with van der Waals surface area (Å²) in [6, 6.07) is 21.6. The fourth-order valence-corrected chi connectivity index (χ4v) is 3.48. The number of pyridine rings is 1. The molecule has 146 valence electrons. The molecule has 0 aliphatic heterocycles. The van der Waals surface area contributed by atoms with E-state index in [0.717, 1.165) is 33.5 Å². The molecule has 0 radical (unpaired) electrons. The zero-order chi connectivity index (χ0) is 20.3. The number of imidazole rings is 1. The van der Waals surface area contributed by atoms with Crippen molar-refractivity contribution in [3.63, 3.8) is 0 Å². The molecule has 0 atom stereocenters. The maximum Gasteiger partial charge on any atom is 0.251 e. The summed E-state index contributed by atoms with van der Waals surface area (Å²) in [6.07, 6.45) is 7.15. The number of aromatic amines is 1. The Bertz CT molecular complexity index is 1310. The molecule has 2 N–H and O–H groups in total. The number of nitrogens with zero attached hydrogens (tertiary/aromatic N) is 3. The van der Waals surface area contributed by atoms with Crippen molar-refractivity contribution in [1.82, 2.24) is 24.8 Å². The van der Waals surface area contributed by atoms with Gasteiger partial charge in [0.25, 0.3) is 5.91 Å². The number of carbonyl (C=O) groups is 1. The lowest BCUT2D eigenvalue weighted by Gasteiger charge is -2.08. The average Bonchev–Trinajstić information content (AvgIpc) is 3.48. The molecule has 0 spiro atoms. The van der Waals surface area contributed by atoms with Crippen LogP contribution < -0.4 is 5.32 Å². The molecule has 0 bridgehead atoms. The third-order valence-corrected chi connectivity index (χ3v) is 5.02. The van der Waals surface area contributed by atoms with Gasteiger partial charge in [0.2, 0.25) is 0 Å². The zero-order valence-corrected chi connectivity index (χ0v) is 16.1. The molecule has 0 saturated heterocycles. The van der Waals surface area contributed by atoms with E-state index in [-0.39, 0.29) is 5.91 Å². The minimum atomic E-state index is -0.135. The van der Waals surface area contributed by atoms with Crippen molar-refractivity contribution in [2.75, 3.05) is 0 Å². The molecule has 1 amide bonds. The third kappa shape index (κ3) is 3.46. The standard InChI is InChI=1S/C24H19N5O/c30-24(27-15-17-4-2-10-25-14-17)19-8-9-23-22(13-19)28-16-29(23)20-6-1-5-18(12-20)21-7-3-11-26-21/h1-14,16,26H,15H2,(H,27,30). The highest BCUT2D eigenvalue weighted by atomic mass is 16.1. The molecule has 0 aliphatic rings. The Labute approximate surface area is 173 Å². The number of amides is 1. The largest absolute Gasteiger partial charge is 0.361 e. The summed E-state index contributed by atoms with van der Waals surface area (Å²) in [5.41, 5.74) is 6.43. The van der Waals surface area contributed by atoms with E-state index in [4.69, 9.17) is 0 Å². The highest BCUT2D eigenvalue weighted by Crippen LogP contribution is 2.24. The average molecular weight is 393 g/mol. The van der Waals surface area contributed by atoms with Gasteiger partial charge in [-0.1, -0.05) is 18.2 Å². The van der Waals surface area contributed by atoms with Gasteiger partial charge < -0.3 is 10.3 Å². The second-order valence-corrected chi connectivity index (χ2v) is 7.00. The smallest absolute Gasteiger partial charge is 0.251 e. The number of rotatable bonds is 5. The van der Waals surface area contributed by atoms with Crippen LogP contribution in [0.25, 0.3) is 28.0 Å². The highest BCUT2D eigenvalue weighted by molar-refractivity contribution is 5.97. The van der Waals surface area contributed by atoms with E-state index in [1.165, 1.54) is 0 Å². The molecule has 0 fully saturated rings. The van der Waals surface area contributed by atoms with Gasteiger partial charge in [-0.05, 0) is 59.7 Å². The van der Waals surface area contributed by atoms with Gasteiger partial charge in [-0.15, -0.1) is 0 Å². The molecular weight excluding hydrogens is 374 g/mol. The molecule has 0 aliphatic carbocycles. The van der Waals surface area contributed by atoms with Gasteiger partial charge in [0, 0.05) is 42.1 Å². The maximum atomic E-state index is 12.5. The number of hydrogen-bond donors (Lipinski definition) is 2. The fourth-order valence-electron chi connectivity index (χ4n) is 3.48. The number of nitrogens with one attached hydrogen (secondary N) is 2. The van der Waals surface area contributed by atoms with Crippen LogP contribution in [0.15, 0.2) is 91.6 Å². The van der Waals surface area contributed by atoms with Crippen molar-refractivity contribution in [3.05, 3.63) is 103 Å². The predicted molar refractivity (Wildman–Crippen MR) is 116 cm³/mol. The maximum absolute atomic E-state index is 12.5. The van der Waals surface area contributed by atoms with Crippen molar-refractivity contribution in [2.45, 2.75) is 6.54 Å². The van der Waals surface area contributed by atoms with Gasteiger partial charge in [-0.2, -0.15) is 0 Å². The van der Waals surface area contributed by atoms with Crippen molar-refractivity contribution in [1.29, 1.82) is 0 Å². The molecular formula is C24H19N5O. The fraction of sp³-hybridized carbons (Fsp3) is 0.0417. The summed E-state index contributed by atoms with van der Waals surface area (Å²) in [4.78, 5) is 24.4. The van der Waals surface area contributed by atoms with E-state index in [9.17, 15) is 4.79 Å². The lowest BCUT2D eigenvalue weighted by molar-refractivity contribution is 0.0951. The van der Waals surface area contributed by atoms with Gasteiger partial charge in [0.1, 0.15) is 6.33 Å². The van der Waals surface area contributed by atoms with Crippen molar-refractivity contribution < 1.29 is 4.79 Å². The molecule has 2 aromatic carbocycles. The molecule has 6 nitrogen and oxygen atoms in total. The van der Waals surface area contributed by atoms with Crippen LogP contribution in [0.5, 0.6) is 0 Å². The van der Waals surface area contributed by atoms with Gasteiger partial charge in [0.15, 0.2) is 0 Å². The first kappa shape index (κ1) is 17.9. The molecule has 3 heterocycles. The Morgan fingerprint density at radius 3 is 2.83 bits per heavy atom. The zero-order valence-electron chi connectivity index (χ0n) is 16.1. The van der Waals surface area contributed by atoms with Crippen LogP contribution in [0.4, 0.5) is 0 Å². The quantitative estimate of drug-likeness (QED) is 0.466. The Hall–Kier alpha value is -4.19. The molecule has 5 aromatic rings. The Balaban J connectivity index is 1.40. The topological polar surface area (TPSA) is 75.6 Å². The van der Waals surface area contributed by atoms with Gasteiger partial charge in [-0.3, -0.25) is 14.3 Å². The normalized spacial score (nSPS) is 10.9. The highest BCUT2D eigenvalue weighted by Gasteiger charge is 2.11. The lowest BCUT2D eigenvalue weighted by Crippen LogP contribution is -2.22. The third-order valence-electron chi connectivity index (χ3n) is 5.02. The Morgan fingerprint density at radius 2 is 2.00 bits per heavy atom. The summed E-state index contributed by atoms with van der Waals surface area (Å²) in [7, 11) is 0. The minimum absolute atomic E-state index is 0.135. The van der Waals surface area contributed by atoms with Crippen molar-refractivity contribution in [3.8, 4) is 16.9 Å². The number of carbonyl (C=O) groups excluding carboxylic acids is 1. The summed E-state index contributed by atoms with van der Waals surface area (Å²) in [6.45, 7) is 0.435. The molecule has 3 aromatic heterocycles. The molecule has 5 rings (SSSR count). The second kappa shape index (κ2) is 7.67. The SMILES string of the molecule is O=C(NCc1cccnc1)c1ccc2c(c1)ncn2-c1cccc(-c2ccc[nH]2)c1. The van der Waals surface area contributed by atoms with Crippen LogP contribution in [-0.4, -0.2) is 25.4 Å². The van der Waals surface area contributed by atoms with E-state index in [1.807, 2.05) is 65.4 Å². The summed E-state index contributed by atoms with van der Waals surface area (Å²) >= 11 is 0. The molecule has 0 unspecified atom stereocenters. The van der Waals surface area contributed by atoms with Crippen LogP contribution in [0.3, 0.4) is 0 Å².